The highest BCUT2D eigenvalue weighted by molar-refractivity contribution is 5.75. The minimum atomic E-state index is -0.745. The SMILES string of the molecule is CC(=O)N1CCN(c2ccc(CCc3ccc(CCCC(C)(C)OC(=O)NNC(=O)OC(C)(C)CCCc4ccc(CCc5ccc(N6CCN(C(C)=O)CC6)cn5)cc4)cc3)nc2)CC1. The minimum absolute atomic E-state index is 0.133. The summed E-state index contributed by atoms with van der Waals surface area (Å²) in [6.07, 6.45) is 10.5. The van der Waals surface area contributed by atoms with Crippen LogP contribution in [0.2, 0.25) is 0 Å². The fourth-order valence-corrected chi connectivity index (χ4v) is 8.55. The van der Waals surface area contributed by atoms with Gasteiger partial charge in [0.25, 0.3) is 0 Å². The number of nitrogens with zero attached hydrogens (tertiary/aromatic N) is 6. The molecule has 14 nitrogen and oxygen atoms in total. The molecule has 354 valence electrons. The number of nitrogens with one attached hydrogen (secondary N) is 2. The number of ether oxygens (including phenoxy) is 2. The van der Waals surface area contributed by atoms with Crippen LogP contribution in [0.1, 0.15) is 101 Å². The van der Waals surface area contributed by atoms with Crippen LogP contribution < -0.4 is 20.7 Å². The van der Waals surface area contributed by atoms with Crippen LogP contribution in [0.4, 0.5) is 21.0 Å². The summed E-state index contributed by atoms with van der Waals surface area (Å²) in [6, 6.07) is 25.8. The van der Waals surface area contributed by atoms with Gasteiger partial charge in [0.2, 0.25) is 11.8 Å². The molecule has 4 amide bonds. The molecule has 66 heavy (non-hydrogen) atoms. The summed E-state index contributed by atoms with van der Waals surface area (Å²) in [6.45, 7) is 17.0. The molecule has 0 aliphatic carbocycles. The van der Waals surface area contributed by atoms with Crippen molar-refractivity contribution in [2.75, 3.05) is 62.2 Å². The first-order valence-electron chi connectivity index (χ1n) is 23.6. The zero-order valence-electron chi connectivity index (χ0n) is 39.9. The number of hydrazine groups is 1. The van der Waals surface area contributed by atoms with Gasteiger partial charge in [0.05, 0.1) is 23.8 Å². The molecular weight excluding hydrogens is 833 g/mol. The van der Waals surface area contributed by atoms with E-state index in [0.717, 1.165) is 126 Å². The zero-order chi connectivity index (χ0) is 47.1. The van der Waals surface area contributed by atoms with E-state index in [2.05, 4.69) is 93.4 Å². The van der Waals surface area contributed by atoms with Crippen molar-refractivity contribution in [1.82, 2.24) is 30.6 Å². The van der Waals surface area contributed by atoms with Crippen LogP contribution >= 0.6 is 0 Å². The summed E-state index contributed by atoms with van der Waals surface area (Å²) in [7, 11) is 0. The molecule has 0 atom stereocenters. The molecule has 0 spiro atoms. The summed E-state index contributed by atoms with van der Waals surface area (Å²) >= 11 is 0. The van der Waals surface area contributed by atoms with Crippen molar-refractivity contribution >= 4 is 35.4 Å². The number of pyridine rings is 2. The molecule has 2 aliphatic rings. The topological polar surface area (TPSA) is 150 Å². The van der Waals surface area contributed by atoms with Crippen molar-refractivity contribution in [3.05, 3.63) is 119 Å². The molecule has 6 rings (SSSR count). The average Bonchev–Trinajstić information content (AvgIpc) is 3.30. The van der Waals surface area contributed by atoms with Crippen LogP contribution in [0.15, 0.2) is 85.2 Å². The van der Waals surface area contributed by atoms with Gasteiger partial charge in [-0.15, -0.1) is 0 Å². The van der Waals surface area contributed by atoms with E-state index in [1.165, 1.54) is 22.3 Å². The normalized spacial score (nSPS) is 14.5. The van der Waals surface area contributed by atoms with Gasteiger partial charge < -0.3 is 29.1 Å². The van der Waals surface area contributed by atoms with Gasteiger partial charge in [-0.3, -0.25) is 19.6 Å². The smallest absolute Gasteiger partial charge is 0.426 e. The highest BCUT2D eigenvalue weighted by Gasteiger charge is 2.26. The lowest BCUT2D eigenvalue weighted by molar-refractivity contribution is -0.129. The second-order valence-electron chi connectivity index (χ2n) is 18.9. The predicted molar refractivity (Wildman–Crippen MR) is 258 cm³/mol. The first kappa shape index (κ1) is 49.3. The fraction of sp³-hybridized carbons (Fsp3) is 0.500. The third-order valence-electron chi connectivity index (χ3n) is 12.7. The number of aromatic nitrogens is 2. The maximum Gasteiger partial charge on any atom is 0.426 e. The number of carbonyl (C=O) groups excluding carboxylic acids is 4. The zero-order valence-corrected chi connectivity index (χ0v) is 39.9. The first-order chi connectivity index (χ1) is 31.6. The first-order valence-corrected chi connectivity index (χ1v) is 23.6. The molecule has 0 bridgehead atoms. The number of aryl methyl sites for hydroxylation is 6. The molecule has 0 saturated carbocycles. The van der Waals surface area contributed by atoms with Gasteiger partial charge in [-0.25, -0.2) is 20.4 Å². The Balaban J connectivity index is 0.805. The minimum Gasteiger partial charge on any atom is -0.442 e. The van der Waals surface area contributed by atoms with E-state index < -0.39 is 23.4 Å². The Morgan fingerprint density at radius 3 is 1.12 bits per heavy atom. The molecule has 2 aromatic heterocycles. The van der Waals surface area contributed by atoms with Crippen LogP contribution in [0.3, 0.4) is 0 Å². The summed E-state index contributed by atoms with van der Waals surface area (Å²) < 4.78 is 11.3. The number of piperazine rings is 2. The second kappa shape index (κ2) is 23.3. The monoisotopic (exact) mass is 903 g/mol. The quantitative estimate of drug-likeness (QED) is 0.0954. The number of hydrogen-bond acceptors (Lipinski definition) is 10. The highest BCUT2D eigenvalue weighted by Crippen LogP contribution is 2.23. The van der Waals surface area contributed by atoms with Crippen LogP contribution in [0.25, 0.3) is 0 Å². The van der Waals surface area contributed by atoms with E-state index in [0.29, 0.717) is 12.8 Å². The summed E-state index contributed by atoms with van der Waals surface area (Å²) in [5.41, 5.74) is 12.4. The van der Waals surface area contributed by atoms with Gasteiger partial charge >= 0.3 is 12.2 Å². The van der Waals surface area contributed by atoms with E-state index in [1.54, 1.807) is 13.8 Å². The van der Waals surface area contributed by atoms with Crippen LogP contribution in [-0.4, -0.2) is 107 Å². The van der Waals surface area contributed by atoms with Crippen LogP contribution in [-0.2, 0) is 57.6 Å². The number of benzene rings is 2. The van der Waals surface area contributed by atoms with Crippen LogP contribution in [0.5, 0.6) is 0 Å². The largest absolute Gasteiger partial charge is 0.442 e. The fourth-order valence-electron chi connectivity index (χ4n) is 8.55. The summed E-state index contributed by atoms with van der Waals surface area (Å²) in [4.78, 5) is 66.2. The average molecular weight is 903 g/mol. The lowest BCUT2D eigenvalue weighted by Gasteiger charge is -2.35. The van der Waals surface area contributed by atoms with E-state index in [9.17, 15) is 19.2 Å². The van der Waals surface area contributed by atoms with E-state index >= 15 is 0 Å². The molecule has 0 radical (unpaired) electrons. The van der Waals surface area contributed by atoms with E-state index in [4.69, 9.17) is 19.4 Å². The molecule has 4 aromatic rings. The Morgan fingerprint density at radius 1 is 0.485 bits per heavy atom. The van der Waals surface area contributed by atoms with Crippen molar-refractivity contribution < 1.29 is 28.7 Å². The van der Waals surface area contributed by atoms with Gasteiger partial charge in [0.15, 0.2) is 0 Å². The third kappa shape index (κ3) is 15.8. The molecule has 2 saturated heterocycles. The number of anilines is 2. The van der Waals surface area contributed by atoms with Gasteiger partial charge in [-0.05, 0) is 138 Å². The Morgan fingerprint density at radius 2 is 0.818 bits per heavy atom. The molecule has 14 heteroatoms. The molecular formula is C52H70N8O6. The van der Waals surface area contributed by atoms with E-state index in [-0.39, 0.29) is 11.8 Å². The van der Waals surface area contributed by atoms with E-state index in [1.807, 2.05) is 49.9 Å². The second-order valence-corrected chi connectivity index (χ2v) is 18.9. The van der Waals surface area contributed by atoms with Crippen molar-refractivity contribution in [3.8, 4) is 0 Å². The summed E-state index contributed by atoms with van der Waals surface area (Å²) in [5.74, 6) is 0.266. The van der Waals surface area contributed by atoms with Gasteiger partial charge in [0.1, 0.15) is 11.2 Å². The van der Waals surface area contributed by atoms with Crippen molar-refractivity contribution in [2.24, 2.45) is 0 Å². The maximum absolute atomic E-state index is 12.6. The molecule has 0 unspecified atom stereocenters. The Labute approximate surface area is 391 Å². The Bertz CT molecular complexity index is 2020. The number of carbonyl (C=O) groups is 4. The predicted octanol–water partition coefficient (Wildman–Crippen LogP) is 7.65. The summed E-state index contributed by atoms with van der Waals surface area (Å²) in [5, 5.41) is 0. The molecule has 2 aliphatic heterocycles. The van der Waals surface area contributed by atoms with Gasteiger partial charge in [-0.2, -0.15) is 0 Å². The van der Waals surface area contributed by atoms with Crippen LogP contribution in [0, 0.1) is 0 Å². The standard InChI is InChI=1S/C52H70N8O6/c1-39(61)57-29-33-59(34-30-57)47-25-23-45(53-37-47)21-19-43-15-11-41(12-16-43)9-7-27-51(3,4)65-49(63)55-56-50(64)66-52(5,6)28-8-10-42-13-17-44(18-14-42)20-22-46-24-26-48(38-54-46)60-35-31-58(32-36-60)40(2)62/h11-18,23-26,37-38H,7-10,19-22,27-36H2,1-6H3,(H,55,63)(H,56,64). The van der Waals surface area contributed by atoms with Gasteiger partial charge in [-0.1, -0.05) is 48.5 Å². The highest BCUT2D eigenvalue weighted by atomic mass is 16.6. The third-order valence-corrected chi connectivity index (χ3v) is 12.7. The molecule has 4 heterocycles. The molecule has 2 fully saturated rings. The number of amides is 4. The molecule has 2 aromatic carbocycles. The Kier molecular flexibility index (Phi) is 17.4. The lowest BCUT2D eigenvalue weighted by Crippen LogP contribution is -2.48. The lowest BCUT2D eigenvalue weighted by atomic mass is 9.97. The molecule has 2 N–H and O–H groups in total. The Hall–Kier alpha value is -6.18. The number of hydrogen-bond donors (Lipinski definition) is 2. The van der Waals surface area contributed by atoms with Crippen molar-refractivity contribution in [1.29, 1.82) is 0 Å². The van der Waals surface area contributed by atoms with Gasteiger partial charge in [0, 0.05) is 77.6 Å². The maximum atomic E-state index is 12.6. The van der Waals surface area contributed by atoms with Crippen molar-refractivity contribution in [2.45, 2.75) is 117 Å². The van der Waals surface area contributed by atoms with Crippen molar-refractivity contribution in [3.63, 3.8) is 0 Å². The number of rotatable bonds is 18.